The zero-order chi connectivity index (χ0) is 15.8. The summed E-state index contributed by atoms with van der Waals surface area (Å²) in [6, 6.07) is 8.60. The maximum atomic E-state index is 11.6. The molecule has 22 heavy (non-hydrogen) atoms. The number of ether oxygens (including phenoxy) is 1. The van der Waals surface area contributed by atoms with Gasteiger partial charge in [-0.05, 0) is 43.9 Å². The Morgan fingerprint density at radius 3 is 2.68 bits per heavy atom. The van der Waals surface area contributed by atoms with Gasteiger partial charge in [-0.2, -0.15) is 0 Å². The van der Waals surface area contributed by atoms with E-state index in [2.05, 4.69) is 17.0 Å². The fourth-order valence-electron chi connectivity index (χ4n) is 3.10. The van der Waals surface area contributed by atoms with Crippen LogP contribution in [0.4, 0.5) is 0 Å². The van der Waals surface area contributed by atoms with Crippen molar-refractivity contribution in [3.8, 4) is 0 Å². The second kappa shape index (κ2) is 8.91. The molecule has 0 amide bonds. The van der Waals surface area contributed by atoms with Gasteiger partial charge in [-0.25, -0.2) is 0 Å². The van der Waals surface area contributed by atoms with E-state index in [0.717, 1.165) is 31.5 Å². The van der Waals surface area contributed by atoms with E-state index >= 15 is 0 Å². The van der Waals surface area contributed by atoms with Gasteiger partial charge in [0.25, 0.3) is 0 Å². The third-order valence-electron chi connectivity index (χ3n) is 4.33. The van der Waals surface area contributed by atoms with Crippen LogP contribution < -0.4 is 0 Å². The van der Waals surface area contributed by atoms with Crippen LogP contribution in [-0.2, 0) is 22.7 Å². The monoisotopic (exact) mass is 305 g/mol. The number of carbonyl (C=O) groups is 1. The topological polar surface area (TPSA) is 49.8 Å². The minimum atomic E-state index is -0.0830. The summed E-state index contributed by atoms with van der Waals surface area (Å²) in [5.74, 6) is -0.0830. The number of hydrogen-bond acceptors (Lipinski definition) is 4. The van der Waals surface area contributed by atoms with E-state index in [1.807, 2.05) is 19.1 Å². The van der Waals surface area contributed by atoms with Gasteiger partial charge in [-0.3, -0.25) is 9.69 Å². The van der Waals surface area contributed by atoms with E-state index in [1.54, 1.807) is 0 Å². The summed E-state index contributed by atoms with van der Waals surface area (Å²) in [6.45, 7) is 4.41. The molecule has 4 heteroatoms. The predicted molar refractivity (Wildman–Crippen MR) is 86.3 cm³/mol. The van der Waals surface area contributed by atoms with E-state index in [-0.39, 0.29) is 12.6 Å². The average Bonchev–Trinajstić information content (AvgIpc) is 2.55. The van der Waals surface area contributed by atoms with E-state index in [1.165, 1.54) is 18.4 Å². The highest BCUT2D eigenvalue weighted by atomic mass is 16.5. The number of esters is 1. The predicted octanol–water partition coefficient (Wildman–Crippen LogP) is 2.88. The van der Waals surface area contributed by atoms with Crippen LogP contribution in [0.25, 0.3) is 0 Å². The number of nitrogens with zero attached hydrogens (tertiary/aromatic N) is 1. The quantitative estimate of drug-likeness (QED) is 0.787. The van der Waals surface area contributed by atoms with E-state index in [4.69, 9.17) is 9.84 Å². The Morgan fingerprint density at radius 2 is 2.00 bits per heavy atom. The zero-order valence-electron chi connectivity index (χ0n) is 13.5. The standard InChI is InChI=1S/C18H27NO3/c1-2-22-18(21)11-10-17-5-3-4-12-19(17)13-15-6-8-16(14-20)9-7-15/h6-9,17,20H,2-5,10-14H2,1H3. The van der Waals surface area contributed by atoms with Gasteiger partial charge in [0.2, 0.25) is 0 Å². The molecule has 1 unspecified atom stereocenters. The minimum Gasteiger partial charge on any atom is -0.466 e. The molecule has 122 valence electrons. The Morgan fingerprint density at radius 1 is 1.27 bits per heavy atom. The lowest BCUT2D eigenvalue weighted by atomic mass is 9.97. The fraction of sp³-hybridized carbons (Fsp3) is 0.611. The van der Waals surface area contributed by atoms with Crippen molar-refractivity contribution >= 4 is 5.97 Å². The van der Waals surface area contributed by atoms with Crippen molar-refractivity contribution in [2.24, 2.45) is 0 Å². The molecule has 4 nitrogen and oxygen atoms in total. The molecular weight excluding hydrogens is 278 g/mol. The summed E-state index contributed by atoms with van der Waals surface area (Å²) in [5, 5.41) is 9.10. The van der Waals surface area contributed by atoms with E-state index < -0.39 is 0 Å². The first kappa shape index (κ1) is 17.0. The molecule has 0 aromatic heterocycles. The largest absolute Gasteiger partial charge is 0.466 e. The second-order valence-corrected chi connectivity index (χ2v) is 5.94. The van der Waals surface area contributed by atoms with Crippen LogP contribution in [0.15, 0.2) is 24.3 Å². The molecule has 1 aliphatic heterocycles. The fourth-order valence-corrected chi connectivity index (χ4v) is 3.10. The summed E-state index contributed by atoms with van der Waals surface area (Å²) in [7, 11) is 0. The van der Waals surface area contributed by atoms with Crippen LogP contribution in [0.3, 0.4) is 0 Å². The summed E-state index contributed by atoms with van der Waals surface area (Å²) < 4.78 is 5.03. The van der Waals surface area contributed by atoms with Gasteiger partial charge in [0.05, 0.1) is 13.2 Å². The lowest BCUT2D eigenvalue weighted by molar-refractivity contribution is -0.143. The molecule has 1 aromatic rings. The van der Waals surface area contributed by atoms with Gasteiger partial charge in [-0.15, -0.1) is 0 Å². The summed E-state index contributed by atoms with van der Waals surface area (Å²) in [6.07, 6.45) is 5.03. The average molecular weight is 305 g/mol. The molecule has 1 aliphatic rings. The summed E-state index contributed by atoms with van der Waals surface area (Å²) in [5.41, 5.74) is 2.21. The molecule has 0 aliphatic carbocycles. The van der Waals surface area contributed by atoms with Crippen molar-refractivity contribution in [2.75, 3.05) is 13.2 Å². The number of hydrogen-bond donors (Lipinski definition) is 1. The Balaban J connectivity index is 1.89. The van der Waals surface area contributed by atoms with Gasteiger partial charge < -0.3 is 9.84 Å². The smallest absolute Gasteiger partial charge is 0.305 e. The Bertz CT molecular complexity index is 458. The van der Waals surface area contributed by atoms with Gasteiger partial charge in [0, 0.05) is 19.0 Å². The van der Waals surface area contributed by atoms with Crippen molar-refractivity contribution in [3.63, 3.8) is 0 Å². The number of piperidine rings is 1. The number of aliphatic hydroxyl groups excluding tert-OH is 1. The zero-order valence-corrected chi connectivity index (χ0v) is 13.5. The van der Waals surface area contributed by atoms with Crippen molar-refractivity contribution in [1.29, 1.82) is 0 Å². The van der Waals surface area contributed by atoms with E-state index in [0.29, 0.717) is 19.1 Å². The molecule has 1 aromatic carbocycles. The molecule has 1 saturated heterocycles. The first-order valence-corrected chi connectivity index (χ1v) is 8.31. The number of benzene rings is 1. The van der Waals surface area contributed by atoms with Crippen LogP contribution >= 0.6 is 0 Å². The third kappa shape index (κ3) is 5.11. The Hall–Kier alpha value is -1.39. The summed E-state index contributed by atoms with van der Waals surface area (Å²) in [4.78, 5) is 14.0. The van der Waals surface area contributed by atoms with E-state index in [9.17, 15) is 4.79 Å². The summed E-state index contributed by atoms with van der Waals surface area (Å²) >= 11 is 0. The highest BCUT2D eigenvalue weighted by Gasteiger charge is 2.23. The molecule has 1 atom stereocenters. The highest BCUT2D eigenvalue weighted by molar-refractivity contribution is 5.69. The van der Waals surface area contributed by atoms with Crippen molar-refractivity contribution in [1.82, 2.24) is 4.90 Å². The maximum Gasteiger partial charge on any atom is 0.305 e. The molecule has 1 heterocycles. The molecular formula is C18H27NO3. The molecule has 0 bridgehead atoms. The van der Waals surface area contributed by atoms with Crippen LogP contribution in [0.2, 0.25) is 0 Å². The van der Waals surface area contributed by atoms with Crippen molar-refractivity contribution in [3.05, 3.63) is 35.4 Å². The Kier molecular flexibility index (Phi) is 6.87. The first-order chi connectivity index (χ1) is 10.7. The number of rotatable bonds is 7. The molecule has 0 radical (unpaired) electrons. The Labute approximate surface area is 133 Å². The molecule has 0 saturated carbocycles. The van der Waals surface area contributed by atoms with Gasteiger partial charge >= 0.3 is 5.97 Å². The first-order valence-electron chi connectivity index (χ1n) is 8.31. The van der Waals surface area contributed by atoms with Crippen LogP contribution in [0.5, 0.6) is 0 Å². The van der Waals surface area contributed by atoms with Crippen LogP contribution in [-0.4, -0.2) is 35.2 Å². The van der Waals surface area contributed by atoms with Crippen LogP contribution in [0, 0.1) is 0 Å². The number of likely N-dealkylation sites (tertiary alicyclic amines) is 1. The lowest BCUT2D eigenvalue weighted by Crippen LogP contribution is -2.39. The lowest BCUT2D eigenvalue weighted by Gasteiger charge is -2.35. The van der Waals surface area contributed by atoms with Crippen LogP contribution in [0.1, 0.15) is 50.2 Å². The van der Waals surface area contributed by atoms with Gasteiger partial charge in [0.1, 0.15) is 0 Å². The maximum absolute atomic E-state index is 11.6. The number of aliphatic hydroxyl groups is 1. The molecule has 1 N–H and O–H groups in total. The third-order valence-corrected chi connectivity index (χ3v) is 4.33. The minimum absolute atomic E-state index is 0.0830. The van der Waals surface area contributed by atoms with Crippen molar-refractivity contribution in [2.45, 2.75) is 58.2 Å². The SMILES string of the molecule is CCOC(=O)CCC1CCCCN1Cc1ccc(CO)cc1. The highest BCUT2D eigenvalue weighted by Crippen LogP contribution is 2.23. The normalized spacial score (nSPS) is 19.1. The van der Waals surface area contributed by atoms with Crippen molar-refractivity contribution < 1.29 is 14.6 Å². The second-order valence-electron chi connectivity index (χ2n) is 5.94. The number of carbonyl (C=O) groups excluding carboxylic acids is 1. The molecule has 2 rings (SSSR count). The molecule has 0 spiro atoms. The van der Waals surface area contributed by atoms with Gasteiger partial charge in [-0.1, -0.05) is 30.7 Å². The molecule has 1 fully saturated rings. The van der Waals surface area contributed by atoms with Gasteiger partial charge in [0.15, 0.2) is 0 Å².